The number of ether oxygens (including phenoxy) is 1. The SMILES string of the molecule is Cn1ncc(CNCC2OCCc3ccccc32)c1S(N)(=O)=O. The lowest BCUT2D eigenvalue weighted by molar-refractivity contribution is 0.0423. The number of primary sulfonamides is 1. The summed E-state index contributed by atoms with van der Waals surface area (Å²) in [5, 5.41) is 12.5. The van der Waals surface area contributed by atoms with Gasteiger partial charge < -0.3 is 10.1 Å². The Balaban J connectivity index is 1.68. The Morgan fingerprint density at radius 2 is 2.22 bits per heavy atom. The van der Waals surface area contributed by atoms with Crippen molar-refractivity contribution in [2.75, 3.05) is 13.2 Å². The molecule has 7 nitrogen and oxygen atoms in total. The van der Waals surface area contributed by atoms with Gasteiger partial charge in [0.15, 0.2) is 5.03 Å². The molecule has 2 aromatic rings. The van der Waals surface area contributed by atoms with Gasteiger partial charge in [0.2, 0.25) is 0 Å². The average molecular weight is 336 g/mol. The highest BCUT2D eigenvalue weighted by Crippen LogP contribution is 2.26. The number of fused-ring (bicyclic) bond motifs is 1. The number of aryl methyl sites for hydroxylation is 1. The predicted molar refractivity (Wildman–Crippen MR) is 85.1 cm³/mol. The van der Waals surface area contributed by atoms with Gasteiger partial charge in [-0.2, -0.15) is 5.10 Å². The second-order valence-corrected chi connectivity index (χ2v) is 7.06. The molecule has 0 aliphatic carbocycles. The molecular weight excluding hydrogens is 316 g/mol. The van der Waals surface area contributed by atoms with E-state index in [9.17, 15) is 8.42 Å². The normalized spacial score (nSPS) is 17.9. The molecule has 23 heavy (non-hydrogen) atoms. The fourth-order valence-corrected chi connectivity index (χ4v) is 3.85. The summed E-state index contributed by atoms with van der Waals surface area (Å²) in [6.07, 6.45) is 2.40. The van der Waals surface area contributed by atoms with Gasteiger partial charge in [0, 0.05) is 25.7 Å². The standard InChI is InChI=1S/C15H20N4O3S/c1-19-15(23(16,20)21)12(9-18-19)8-17-10-14-13-5-3-2-4-11(13)6-7-22-14/h2-5,9,14,17H,6-8,10H2,1H3,(H2,16,20,21). The highest BCUT2D eigenvalue weighted by atomic mass is 32.2. The molecule has 1 unspecified atom stereocenters. The van der Waals surface area contributed by atoms with Crippen LogP contribution in [0.5, 0.6) is 0 Å². The lowest BCUT2D eigenvalue weighted by atomic mass is 9.97. The number of hydrogen-bond donors (Lipinski definition) is 2. The first kappa shape index (κ1) is 16.1. The van der Waals surface area contributed by atoms with Crippen molar-refractivity contribution in [1.82, 2.24) is 15.1 Å². The Kier molecular flexibility index (Phi) is 4.49. The molecule has 3 rings (SSSR count). The van der Waals surface area contributed by atoms with E-state index in [2.05, 4.69) is 22.5 Å². The number of aromatic nitrogens is 2. The van der Waals surface area contributed by atoms with Crippen molar-refractivity contribution in [2.24, 2.45) is 12.2 Å². The van der Waals surface area contributed by atoms with E-state index in [-0.39, 0.29) is 11.1 Å². The molecule has 1 atom stereocenters. The zero-order chi connectivity index (χ0) is 16.4. The summed E-state index contributed by atoms with van der Waals surface area (Å²) in [6, 6.07) is 8.22. The number of nitrogens with zero attached hydrogens (tertiary/aromatic N) is 2. The van der Waals surface area contributed by atoms with E-state index in [1.165, 1.54) is 22.0 Å². The number of hydrogen-bond acceptors (Lipinski definition) is 5. The zero-order valence-corrected chi connectivity index (χ0v) is 13.7. The van der Waals surface area contributed by atoms with Gasteiger partial charge in [-0.15, -0.1) is 0 Å². The van der Waals surface area contributed by atoms with E-state index in [4.69, 9.17) is 9.88 Å². The molecule has 0 radical (unpaired) electrons. The van der Waals surface area contributed by atoms with Crippen LogP contribution >= 0.6 is 0 Å². The maximum absolute atomic E-state index is 11.6. The minimum atomic E-state index is -3.80. The third-order valence-electron chi connectivity index (χ3n) is 3.96. The first-order valence-corrected chi connectivity index (χ1v) is 8.95. The first-order valence-electron chi connectivity index (χ1n) is 7.40. The molecule has 2 heterocycles. The Bertz CT molecular complexity index is 801. The highest BCUT2D eigenvalue weighted by molar-refractivity contribution is 7.89. The van der Waals surface area contributed by atoms with Crippen molar-refractivity contribution in [3.05, 3.63) is 47.2 Å². The maximum atomic E-state index is 11.6. The molecule has 0 fully saturated rings. The summed E-state index contributed by atoms with van der Waals surface area (Å²) >= 11 is 0. The number of nitrogens with one attached hydrogen (secondary N) is 1. The monoisotopic (exact) mass is 336 g/mol. The molecule has 0 saturated heterocycles. The van der Waals surface area contributed by atoms with Crippen LogP contribution in [0.3, 0.4) is 0 Å². The summed E-state index contributed by atoms with van der Waals surface area (Å²) in [5.74, 6) is 0. The quantitative estimate of drug-likeness (QED) is 0.827. The molecule has 0 amide bonds. The van der Waals surface area contributed by atoms with Crippen molar-refractivity contribution in [3.63, 3.8) is 0 Å². The second-order valence-electron chi connectivity index (χ2n) is 5.58. The van der Waals surface area contributed by atoms with Crippen LogP contribution in [0.4, 0.5) is 0 Å². The number of rotatable bonds is 5. The Morgan fingerprint density at radius 3 is 3.00 bits per heavy atom. The fraction of sp³-hybridized carbons (Fsp3) is 0.400. The van der Waals surface area contributed by atoms with Gasteiger partial charge >= 0.3 is 0 Å². The Labute approximate surface area is 135 Å². The van der Waals surface area contributed by atoms with Gasteiger partial charge in [0.25, 0.3) is 10.0 Å². The predicted octanol–water partition coefficient (Wildman–Crippen LogP) is 0.471. The van der Waals surface area contributed by atoms with E-state index in [0.717, 1.165) is 6.42 Å². The van der Waals surface area contributed by atoms with Crippen LogP contribution in [0.25, 0.3) is 0 Å². The van der Waals surface area contributed by atoms with Crippen molar-refractivity contribution in [1.29, 1.82) is 0 Å². The van der Waals surface area contributed by atoms with Crippen molar-refractivity contribution < 1.29 is 13.2 Å². The molecule has 1 aliphatic rings. The van der Waals surface area contributed by atoms with E-state index in [0.29, 0.717) is 25.3 Å². The number of benzene rings is 1. The first-order chi connectivity index (χ1) is 11.0. The maximum Gasteiger partial charge on any atom is 0.255 e. The van der Waals surface area contributed by atoms with Crippen LogP contribution in [0.15, 0.2) is 35.5 Å². The summed E-state index contributed by atoms with van der Waals surface area (Å²) in [4.78, 5) is 0. The summed E-state index contributed by atoms with van der Waals surface area (Å²) in [5.41, 5.74) is 3.04. The molecule has 1 aromatic heterocycles. The van der Waals surface area contributed by atoms with Crippen molar-refractivity contribution in [3.8, 4) is 0 Å². The lowest BCUT2D eigenvalue weighted by Gasteiger charge is -2.26. The van der Waals surface area contributed by atoms with E-state index < -0.39 is 10.0 Å². The molecule has 124 valence electrons. The summed E-state index contributed by atoms with van der Waals surface area (Å²) in [7, 11) is -2.24. The molecule has 0 spiro atoms. The van der Waals surface area contributed by atoms with Gasteiger partial charge in [-0.1, -0.05) is 24.3 Å². The van der Waals surface area contributed by atoms with Gasteiger partial charge in [-0.3, -0.25) is 4.68 Å². The van der Waals surface area contributed by atoms with Gasteiger partial charge in [-0.05, 0) is 17.5 Å². The largest absolute Gasteiger partial charge is 0.372 e. The van der Waals surface area contributed by atoms with Crippen LogP contribution in [0.1, 0.15) is 22.8 Å². The molecule has 0 bridgehead atoms. The minimum absolute atomic E-state index is 0.0328. The molecule has 0 saturated carbocycles. The second kappa shape index (κ2) is 6.40. The Hall–Kier alpha value is -1.74. The van der Waals surface area contributed by atoms with Crippen LogP contribution in [0.2, 0.25) is 0 Å². The summed E-state index contributed by atoms with van der Waals surface area (Å²) in [6.45, 7) is 1.65. The van der Waals surface area contributed by atoms with Gasteiger partial charge in [-0.25, -0.2) is 13.6 Å². The van der Waals surface area contributed by atoms with Crippen LogP contribution < -0.4 is 10.5 Å². The van der Waals surface area contributed by atoms with Crippen molar-refractivity contribution in [2.45, 2.75) is 24.1 Å². The van der Waals surface area contributed by atoms with Gasteiger partial charge in [0.1, 0.15) is 0 Å². The van der Waals surface area contributed by atoms with E-state index in [1.54, 1.807) is 7.05 Å². The van der Waals surface area contributed by atoms with Crippen molar-refractivity contribution >= 4 is 10.0 Å². The molecule has 1 aromatic carbocycles. The van der Waals surface area contributed by atoms with E-state index in [1.807, 2.05) is 12.1 Å². The molecule has 3 N–H and O–H groups in total. The van der Waals surface area contributed by atoms with E-state index >= 15 is 0 Å². The van der Waals surface area contributed by atoms with Crippen LogP contribution in [-0.4, -0.2) is 31.3 Å². The molecule has 1 aliphatic heterocycles. The lowest BCUT2D eigenvalue weighted by Crippen LogP contribution is -2.28. The smallest absolute Gasteiger partial charge is 0.255 e. The van der Waals surface area contributed by atoms with Crippen LogP contribution in [-0.2, 0) is 34.8 Å². The molecule has 8 heteroatoms. The Morgan fingerprint density at radius 1 is 1.43 bits per heavy atom. The third kappa shape index (κ3) is 3.45. The topological polar surface area (TPSA) is 99.2 Å². The average Bonchev–Trinajstić information content (AvgIpc) is 2.88. The fourth-order valence-electron chi connectivity index (χ4n) is 2.94. The summed E-state index contributed by atoms with van der Waals surface area (Å²) < 4.78 is 30.4. The zero-order valence-electron chi connectivity index (χ0n) is 12.9. The van der Waals surface area contributed by atoms with Gasteiger partial charge in [0.05, 0.1) is 18.9 Å². The highest BCUT2D eigenvalue weighted by Gasteiger charge is 2.22. The number of nitrogens with two attached hydrogens (primary N) is 1. The minimum Gasteiger partial charge on any atom is -0.372 e. The third-order valence-corrected chi connectivity index (χ3v) is 5.03. The van der Waals surface area contributed by atoms with Crippen LogP contribution in [0, 0.1) is 0 Å². The molecular formula is C15H20N4O3S. The number of sulfonamides is 1.